The highest BCUT2D eigenvalue weighted by Crippen LogP contribution is 2.28. The van der Waals surface area contributed by atoms with E-state index in [0.717, 1.165) is 17.0 Å². The van der Waals surface area contributed by atoms with Crippen LogP contribution in [-0.4, -0.2) is 39.5 Å². The second-order valence-corrected chi connectivity index (χ2v) is 4.78. The predicted molar refractivity (Wildman–Crippen MR) is 65.6 cm³/mol. The van der Waals surface area contributed by atoms with Crippen LogP contribution in [-0.2, 0) is 11.0 Å². The van der Waals surface area contributed by atoms with Crippen LogP contribution in [0.4, 0.5) is 13.2 Å². The first kappa shape index (κ1) is 15.3. The Balaban J connectivity index is 2.20. The first-order chi connectivity index (χ1) is 9.80. The van der Waals surface area contributed by atoms with E-state index in [0.29, 0.717) is 25.5 Å². The molecular weight excluding hydrogens is 289 g/mol. The van der Waals surface area contributed by atoms with Crippen LogP contribution >= 0.6 is 0 Å². The second kappa shape index (κ2) is 5.71. The fourth-order valence-corrected chi connectivity index (χ4v) is 2.27. The van der Waals surface area contributed by atoms with Crippen molar-refractivity contribution in [3.63, 3.8) is 0 Å². The van der Waals surface area contributed by atoms with Gasteiger partial charge in [0.25, 0.3) is 5.91 Å². The molecule has 0 aliphatic carbocycles. The first-order valence-electron chi connectivity index (χ1n) is 6.37. The Morgan fingerprint density at radius 2 is 2.00 bits per heavy atom. The fourth-order valence-electron chi connectivity index (χ4n) is 2.27. The van der Waals surface area contributed by atoms with E-state index in [9.17, 15) is 22.8 Å². The van der Waals surface area contributed by atoms with Gasteiger partial charge in [-0.05, 0) is 31.4 Å². The van der Waals surface area contributed by atoms with Gasteiger partial charge in [0.1, 0.15) is 11.7 Å². The number of amides is 1. The summed E-state index contributed by atoms with van der Waals surface area (Å²) in [5.41, 5.74) is -1.14. The van der Waals surface area contributed by atoms with Crippen LogP contribution in [0.15, 0.2) is 18.3 Å². The molecule has 1 aliphatic rings. The number of alkyl halides is 3. The van der Waals surface area contributed by atoms with Gasteiger partial charge >= 0.3 is 12.1 Å². The number of hydrogen-bond acceptors (Lipinski definition) is 3. The molecule has 5 nitrogen and oxygen atoms in total. The van der Waals surface area contributed by atoms with Gasteiger partial charge in [0.05, 0.1) is 5.56 Å². The molecule has 2 heterocycles. The number of carbonyl (C=O) groups is 2. The molecule has 1 atom stereocenters. The zero-order valence-corrected chi connectivity index (χ0v) is 10.9. The summed E-state index contributed by atoms with van der Waals surface area (Å²) in [4.78, 5) is 28.0. The number of carbonyl (C=O) groups excluding carboxylic acids is 1. The number of likely N-dealkylation sites (tertiary alicyclic amines) is 1. The van der Waals surface area contributed by atoms with E-state index in [2.05, 4.69) is 4.98 Å². The van der Waals surface area contributed by atoms with E-state index < -0.39 is 29.7 Å². The number of rotatable bonds is 2. The van der Waals surface area contributed by atoms with Crippen molar-refractivity contribution in [1.29, 1.82) is 0 Å². The van der Waals surface area contributed by atoms with Crippen LogP contribution in [0.3, 0.4) is 0 Å². The fraction of sp³-hybridized carbons (Fsp3) is 0.462. The molecule has 2 rings (SSSR count). The van der Waals surface area contributed by atoms with Crippen molar-refractivity contribution in [2.45, 2.75) is 31.5 Å². The molecule has 114 valence electrons. The Labute approximate surface area is 118 Å². The van der Waals surface area contributed by atoms with E-state index in [-0.39, 0.29) is 12.2 Å². The van der Waals surface area contributed by atoms with Gasteiger partial charge in [-0.1, -0.05) is 0 Å². The van der Waals surface area contributed by atoms with Gasteiger partial charge in [0.15, 0.2) is 0 Å². The van der Waals surface area contributed by atoms with Crippen molar-refractivity contribution in [3.8, 4) is 0 Å². The number of hydrogen-bond donors (Lipinski definition) is 1. The van der Waals surface area contributed by atoms with E-state index in [1.807, 2.05) is 0 Å². The van der Waals surface area contributed by atoms with Crippen LogP contribution in [0.1, 0.15) is 35.3 Å². The minimum Gasteiger partial charge on any atom is -0.480 e. The molecule has 1 aromatic heterocycles. The number of carboxylic acid groups (broad SMARTS) is 1. The van der Waals surface area contributed by atoms with Gasteiger partial charge in [0.2, 0.25) is 0 Å². The van der Waals surface area contributed by atoms with Gasteiger partial charge in [-0.3, -0.25) is 9.78 Å². The second-order valence-electron chi connectivity index (χ2n) is 4.78. The normalized spacial score (nSPS) is 19.4. The predicted octanol–water partition coefficient (Wildman–Crippen LogP) is 2.18. The minimum absolute atomic E-state index is 0.184. The zero-order chi connectivity index (χ0) is 15.6. The van der Waals surface area contributed by atoms with Gasteiger partial charge in [-0.2, -0.15) is 13.2 Å². The van der Waals surface area contributed by atoms with Crippen LogP contribution < -0.4 is 0 Å². The average Bonchev–Trinajstić information content (AvgIpc) is 2.45. The molecule has 1 N–H and O–H groups in total. The summed E-state index contributed by atoms with van der Waals surface area (Å²) < 4.78 is 37.3. The number of halogens is 3. The van der Waals surface area contributed by atoms with Crippen LogP contribution in [0.2, 0.25) is 0 Å². The maximum Gasteiger partial charge on any atom is 0.417 e. The van der Waals surface area contributed by atoms with E-state index in [1.165, 1.54) is 0 Å². The molecule has 0 radical (unpaired) electrons. The molecule has 0 unspecified atom stereocenters. The molecule has 1 fully saturated rings. The topological polar surface area (TPSA) is 70.5 Å². The Kier molecular flexibility index (Phi) is 4.15. The number of aliphatic carboxylic acids is 1. The minimum atomic E-state index is -4.52. The third-order valence-corrected chi connectivity index (χ3v) is 3.36. The molecular formula is C13H13F3N2O3. The van der Waals surface area contributed by atoms with Gasteiger partial charge in [-0.25, -0.2) is 4.79 Å². The maximum absolute atomic E-state index is 12.4. The van der Waals surface area contributed by atoms with Crippen LogP contribution in [0.25, 0.3) is 0 Å². The summed E-state index contributed by atoms with van der Waals surface area (Å²) in [6.45, 7) is 0.262. The van der Waals surface area contributed by atoms with Crippen molar-refractivity contribution in [3.05, 3.63) is 29.6 Å². The third kappa shape index (κ3) is 3.32. The number of aromatic nitrogens is 1. The molecule has 0 spiro atoms. The largest absolute Gasteiger partial charge is 0.480 e. The van der Waals surface area contributed by atoms with Gasteiger partial charge in [-0.15, -0.1) is 0 Å². The average molecular weight is 302 g/mol. The lowest BCUT2D eigenvalue weighted by molar-refractivity contribution is -0.143. The highest BCUT2D eigenvalue weighted by atomic mass is 19.4. The number of carboxylic acids is 1. The maximum atomic E-state index is 12.4. The molecule has 0 bridgehead atoms. The highest BCUT2D eigenvalue weighted by molar-refractivity contribution is 5.95. The number of piperidine rings is 1. The molecule has 0 aromatic carbocycles. The van der Waals surface area contributed by atoms with Gasteiger partial charge < -0.3 is 10.0 Å². The van der Waals surface area contributed by atoms with Crippen molar-refractivity contribution in [1.82, 2.24) is 9.88 Å². The summed E-state index contributed by atoms with van der Waals surface area (Å²) in [6.07, 6.45) is -2.25. The van der Waals surface area contributed by atoms with Crippen LogP contribution in [0, 0.1) is 0 Å². The first-order valence-corrected chi connectivity index (χ1v) is 6.37. The molecule has 1 amide bonds. The smallest absolute Gasteiger partial charge is 0.417 e. The van der Waals surface area contributed by atoms with Crippen molar-refractivity contribution in [2.24, 2.45) is 0 Å². The van der Waals surface area contributed by atoms with E-state index in [1.54, 1.807) is 0 Å². The molecule has 8 heteroatoms. The summed E-state index contributed by atoms with van der Waals surface area (Å²) in [5, 5.41) is 9.09. The third-order valence-electron chi connectivity index (χ3n) is 3.36. The lowest BCUT2D eigenvalue weighted by atomic mass is 10.0. The summed E-state index contributed by atoms with van der Waals surface area (Å²) in [5.74, 6) is -1.77. The van der Waals surface area contributed by atoms with E-state index in [4.69, 9.17) is 5.11 Å². The summed E-state index contributed by atoms with van der Waals surface area (Å²) in [6, 6.07) is 0.786. The Morgan fingerprint density at radius 3 is 2.52 bits per heavy atom. The quantitative estimate of drug-likeness (QED) is 0.909. The Bertz CT molecular complexity index is 543. The van der Waals surface area contributed by atoms with Gasteiger partial charge in [0, 0.05) is 12.7 Å². The van der Waals surface area contributed by atoms with E-state index >= 15 is 0 Å². The number of nitrogens with zero attached hydrogens (tertiary/aromatic N) is 2. The lowest BCUT2D eigenvalue weighted by Crippen LogP contribution is -2.48. The monoisotopic (exact) mass is 302 g/mol. The lowest BCUT2D eigenvalue weighted by Gasteiger charge is -2.32. The number of pyridine rings is 1. The SMILES string of the molecule is O=C(O)[C@@H]1CCCCN1C(=O)c1ccc(C(F)(F)F)cn1. The molecule has 1 saturated heterocycles. The van der Waals surface area contributed by atoms with Crippen LogP contribution in [0.5, 0.6) is 0 Å². The van der Waals surface area contributed by atoms with Crippen molar-refractivity contribution < 1.29 is 27.9 Å². The summed E-state index contributed by atoms with van der Waals surface area (Å²) >= 11 is 0. The molecule has 1 aromatic rings. The molecule has 0 saturated carbocycles. The Morgan fingerprint density at radius 1 is 1.29 bits per heavy atom. The standard InChI is InChI=1S/C13H13F3N2O3/c14-13(15,16)8-4-5-9(17-7-8)11(19)18-6-2-1-3-10(18)12(20)21/h4-5,7,10H,1-3,6H2,(H,20,21)/t10-/m0/s1. The summed E-state index contributed by atoms with van der Waals surface area (Å²) in [7, 11) is 0. The zero-order valence-electron chi connectivity index (χ0n) is 10.9. The Hall–Kier alpha value is -2.12. The molecule has 1 aliphatic heterocycles. The van der Waals surface area contributed by atoms with Crippen molar-refractivity contribution in [2.75, 3.05) is 6.54 Å². The highest BCUT2D eigenvalue weighted by Gasteiger charge is 2.34. The van der Waals surface area contributed by atoms with Crippen molar-refractivity contribution >= 4 is 11.9 Å². The molecule has 21 heavy (non-hydrogen) atoms.